The fourth-order valence-electron chi connectivity index (χ4n) is 1.82. The Kier molecular flexibility index (Phi) is 5.17. The van der Waals surface area contributed by atoms with Crippen LogP contribution in [0.25, 0.3) is 0 Å². The van der Waals surface area contributed by atoms with Crippen molar-refractivity contribution in [1.29, 1.82) is 0 Å². The van der Waals surface area contributed by atoms with Crippen molar-refractivity contribution in [2.24, 2.45) is 0 Å². The molecule has 0 aliphatic rings. The van der Waals surface area contributed by atoms with Gasteiger partial charge in [0.1, 0.15) is 5.60 Å². The van der Waals surface area contributed by atoms with E-state index in [1.165, 1.54) is 0 Å². The van der Waals surface area contributed by atoms with Crippen LogP contribution in [0.15, 0.2) is 12.1 Å². The monoisotopic (exact) mass is 279 g/mol. The Morgan fingerprint density at radius 1 is 1.35 bits per heavy atom. The van der Waals surface area contributed by atoms with Crippen molar-refractivity contribution in [3.63, 3.8) is 0 Å². The van der Waals surface area contributed by atoms with E-state index in [4.69, 9.17) is 4.74 Å². The number of aliphatic hydroxyl groups is 1. The van der Waals surface area contributed by atoms with Gasteiger partial charge >= 0.3 is 6.09 Å². The highest BCUT2D eigenvalue weighted by Crippen LogP contribution is 2.26. The highest BCUT2D eigenvalue weighted by atomic mass is 16.6. The maximum absolute atomic E-state index is 11.9. The summed E-state index contributed by atoms with van der Waals surface area (Å²) in [6, 6.07) is 3.93. The maximum Gasteiger partial charge on any atom is 0.412 e. The zero-order chi connectivity index (χ0) is 15.5. The first-order valence-corrected chi connectivity index (χ1v) is 6.86. The second-order valence-electron chi connectivity index (χ2n) is 6.22. The zero-order valence-corrected chi connectivity index (χ0v) is 13.2. The lowest BCUT2D eigenvalue weighted by atomic mass is 9.96. The molecule has 4 nitrogen and oxygen atoms in total. The fourth-order valence-corrected chi connectivity index (χ4v) is 1.82. The summed E-state index contributed by atoms with van der Waals surface area (Å²) in [5.41, 5.74) is 3.29. The first-order valence-electron chi connectivity index (χ1n) is 6.86. The number of nitrogens with one attached hydrogen (secondary N) is 1. The van der Waals surface area contributed by atoms with Gasteiger partial charge in [-0.3, -0.25) is 5.32 Å². The Morgan fingerprint density at radius 3 is 2.45 bits per heavy atom. The standard InChI is InChI=1S/C16H25NO3/c1-10-7-13(11(2)9-18)8-14(12(10)3)17-15(19)20-16(4,5)6/h7-8,11,18H,9H2,1-6H3,(H,17,19). The molecule has 4 heteroatoms. The minimum atomic E-state index is -0.525. The molecule has 0 saturated carbocycles. The van der Waals surface area contributed by atoms with E-state index in [-0.39, 0.29) is 12.5 Å². The third-order valence-corrected chi connectivity index (χ3v) is 3.17. The second-order valence-corrected chi connectivity index (χ2v) is 6.22. The number of carbonyl (C=O) groups excluding carboxylic acids is 1. The Balaban J connectivity index is 3.00. The van der Waals surface area contributed by atoms with Crippen LogP contribution in [-0.4, -0.2) is 23.4 Å². The van der Waals surface area contributed by atoms with Crippen molar-refractivity contribution in [3.8, 4) is 0 Å². The van der Waals surface area contributed by atoms with E-state index in [0.717, 1.165) is 22.4 Å². The average Bonchev–Trinajstić information content (AvgIpc) is 2.31. The largest absolute Gasteiger partial charge is 0.444 e. The Labute approximate surface area is 121 Å². The molecule has 0 fully saturated rings. The molecule has 2 N–H and O–H groups in total. The smallest absolute Gasteiger partial charge is 0.412 e. The van der Waals surface area contributed by atoms with E-state index in [2.05, 4.69) is 5.32 Å². The van der Waals surface area contributed by atoms with Gasteiger partial charge in [0, 0.05) is 18.2 Å². The topological polar surface area (TPSA) is 58.6 Å². The van der Waals surface area contributed by atoms with E-state index < -0.39 is 11.7 Å². The van der Waals surface area contributed by atoms with Crippen molar-refractivity contribution in [1.82, 2.24) is 0 Å². The quantitative estimate of drug-likeness (QED) is 0.886. The fraction of sp³-hybridized carbons (Fsp3) is 0.562. The Morgan fingerprint density at radius 2 is 1.95 bits per heavy atom. The lowest BCUT2D eigenvalue weighted by molar-refractivity contribution is 0.0636. The minimum absolute atomic E-state index is 0.0356. The number of amides is 1. The lowest BCUT2D eigenvalue weighted by Crippen LogP contribution is -2.27. The molecule has 0 aromatic heterocycles. The van der Waals surface area contributed by atoms with Crippen molar-refractivity contribution in [3.05, 3.63) is 28.8 Å². The van der Waals surface area contributed by atoms with E-state index >= 15 is 0 Å². The molecule has 1 unspecified atom stereocenters. The third kappa shape index (κ3) is 4.53. The van der Waals surface area contributed by atoms with Crippen molar-refractivity contribution in [2.75, 3.05) is 11.9 Å². The van der Waals surface area contributed by atoms with Crippen LogP contribution in [0.3, 0.4) is 0 Å². The van der Waals surface area contributed by atoms with Gasteiger partial charge < -0.3 is 9.84 Å². The molecule has 1 atom stereocenters. The molecule has 0 aliphatic heterocycles. The van der Waals surface area contributed by atoms with E-state index in [1.54, 1.807) is 0 Å². The second kappa shape index (κ2) is 6.27. The van der Waals surface area contributed by atoms with Crippen molar-refractivity contribution in [2.45, 2.75) is 53.1 Å². The summed E-state index contributed by atoms with van der Waals surface area (Å²) in [5.74, 6) is 0.0356. The van der Waals surface area contributed by atoms with Crippen molar-refractivity contribution >= 4 is 11.8 Å². The van der Waals surface area contributed by atoms with Crippen LogP contribution in [0, 0.1) is 13.8 Å². The highest BCUT2D eigenvalue weighted by Gasteiger charge is 2.18. The molecule has 1 aromatic rings. The zero-order valence-electron chi connectivity index (χ0n) is 13.2. The van der Waals surface area contributed by atoms with Gasteiger partial charge in [-0.05, 0) is 57.4 Å². The van der Waals surface area contributed by atoms with E-state index in [1.807, 2.05) is 53.7 Å². The van der Waals surface area contributed by atoms with Crippen LogP contribution >= 0.6 is 0 Å². The predicted molar refractivity (Wildman–Crippen MR) is 81.3 cm³/mol. The average molecular weight is 279 g/mol. The molecule has 0 aliphatic carbocycles. The molecular weight excluding hydrogens is 254 g/mol. The van der Waals surface area contributed by atoms with Crippen LogP contribution in [0.5, 0.6) is 0 Å². The van der Waals surface area contributed by atoms with Crippen LogP contribution in [0.1, 0.15) is 50.3 Å². The van der Waals surface area contributed by atoms with E-state index in [9.17, 15) is 9.90 Å². The predicted octanol–water partition coefficient (Wildman–Crippen LogP) is 3.75. The summed E-state index contributed by atoms with van der Waals surface area (Å²) in [7, 11) is 0. The maximum atomic E-state index is 11.9. The number of aryl methyl sites for hydroxylation is 1. The van der Waals surface area contributed by atoms with Gasteiger partial charge in [0.05, 0.1) is 0 Å². The van der Waals surface area contributed by atoms with Crippen molar-refractivity contribution < 1.29 is 14.6 Å². The SMILES string of the molecule is Cc1cc(C(C)CO)cc(NC(=O)OC(C)(C)C)c1C. The summed E-state index contributed by atoms with van der Waals surface area (Å²) in [6.45, 7) is 11.5. The van der Waals surface area contributed by atoms with Crippen LogP contribution in [0.4, 0.5) is 10.5 Å². The minimum Gasteiger partial charge on any atom is -0.444 e. The third-order valence-electron chi connectivity index (χ3n) is 3.17. The van der Waals surface area contributed by atoms with Crippen LogP contribution < -0.4 is 5.32 Å². The molecule has 0 radical (unpaired) electrons. The van der Waals surface area contributed by atoms with Gasteiger partial charge in [0.25, 0.3) is 0 Å². The highest BCUT2D eigenvalue weighted by molar-refractivity contribution is 5.86. The van der Waals surface area contributed by atoms with E-state index in [0.29, 0.717) is 0 Å². The van der Waals surface area contributed by atoms with Gasteiger partial charge in [0.2, 0.25) is 0 Å². The first kappa shape index (κ1) is 16.5. The summed E-state index contributed by atoms with van der Waals surface area (Å²) in [5, 5.41) is 12.0. The molecule has 0 bridgehead atoms. The number of carbonyl (C=O) groups is 1. The molecule has 0 saturated heterocycles. The van der Waals surface area contributed by atoms with Gasteiger partial charge in [-0.1, -0.05) is 13.0 Å². The summed E-state index contributed by atoms with van der Waals surface area (Å²) < 4.78 is 5.26. The lowest BCUT2D eigenvalue weighted by Gasteiger charge is -2.21. The first-order chi connectivity index (χ1) is 9.14. The van der Waals surface area contributed by atoms with Gasteiger partial charge in [-0.15, -0.1) is 0 Å². The molecule has 1 rings (SSSR count). The molecule has 20 heavy (non-hydrogen) atoms. The summed E-state index contributed by atoms with van der Waals surface area (Å²) >= 11 is 0. The molecule has 1 aromatic carbocycles. The summed E-state index contributed by atoms with van der Waals surface area (Å²) in [4.78, 5) is 11.9. The van der Waals surface area contributed by atoms with Gasteiger partial charge in [0.15, 0.2) is 0 Å². The number of anilines is 1. The Hall–Kier alpha value is -1.55. The number of benzene rings is 1. The van der Waals surface area contributed by atoms with Crippen LogP contribution in [0.2, 0.25) is 0 Å². The van der Waals surface area contributed by atoms with Gasteiger partial charge in [-0.25, -0.2) is 4.79 Å². The molecule has 1 amide bonds. The normalized spacial score (nSPS) is 12.9. The number of ether oxygens (including phenoxy) is 1. The number of aliphatic hydroxyl groups excluding tert-OH is 1. The number of hydrogen-bond acceptors (Lipinski definition) is 3. The van der Waals surface area contributed by atoms with Gasteiger partial charge in [-0.2, -0.15) is 0 Å². The number of hydrogen-bond donors (Lipinski definition) is 2. The molecule has 112 valence electrons. The molecular formula is C16H25NO3. The molecule has 0 heterocycles. The molecule has 0 spiro atoms. The van der Waals surface area contributed by atoms with Crippen LogP contribution in [-0.2, 0) is 4.74 Å². The summed E-state index contributed by atoms with van der Waals surface area (Å²) in [6.07, 6.45) is -0.464. The number of rotatable bonds is 3. The Bertz CT molecular complexity index is 489.